The van der Waals surface area contributed by atoms with Gasteiger partial charge in [0.25, 0.3) is 5.56 Å². The molecule has 8 heteroatoms. The number of rotatable bonds is 8. The van der Waals surface area contributed by atoms with Crippen LogP contribution >= 0.6 is 23.1 Å². The molecule has 1 aliphatic rings. The van der Waals surface area contributed by atoms with Crippen molar-refractivity contribution in [3.8, 4) is 0 Å². The summed E-state index contributed by atoms with van der Waals surface area (Å²) in [4.78, 5) is 35.1. The summed E-state index contributed by atoms with van der Waals surface area (Å²) >= 11 is 2.91. The average molecular weight is 460 g/mol. The minimum absolute atomic E-state index is 0.0138. The van der Waals surface area contributed by atoms with Gasteiger partial charge in [0.1, 0.15) is 10.6 Å². The largest absolute Gasteiger partial charge is 0.309 e. The van der Waals surface area contributed by atoms with Crippen LogP contribution in [0.4, 0.5) is 4.39 Å². The Labute approximate surface area is 189 Å². The van der Waals surface area contributed by atoms with Gasteiger partial charge in [0.2, 0.25) is 0 Å². The van der Waals surface area contributed by atoms with Crippen LogP contribution in [-0.2, 0) is 19.4 Å². The van der Waals surface area contributed by atoms with Crippen molar-refractivity contribution >= 4 is 39.1 Å². The van der Waals surface area contributed by atoms with Gasteiger partial charge in [-0.1, -0.05) is 11.8 Å². The maximum atomic E-state index is 13.5. The number of carbonyl (C=O) groups excluding carboxylic acids is 1. The van der Waals surface area contributed by atoms with Crippen LogP contribution in [0.25, 0.3) is 10.2 Å². The first-order chi connectivity index (χ1) is 14.9. The molecule has 0 saturated heterocycles. The van der Waals surface area contributed by atoms with E-state index in [1.165, 1.54) is 46.5 Å². The van der Waals surface area contributed by atoms with Crippen LogP contribution in [0.2, 0.25) is 0 Å². The highest BCUT2D eigenvalue weighted by molar-refractivity contribution is 7.99. The third-order valence-electron chi connectivity index (χ3n) is 5.53. The Balaban J connectivity index is 1.65. The second-order valence-electron chi connectivity index (χ2n) is 8.12. The summed E-state index contributed by atoms with van der Waals surface area (Å²) in [6.45, 7) is 1.43. The number of thioether (sulfide) groups is 1. The molecule has 5 nitrogen and oxygen atoms in total. The van der Waals surface area contributed by atoms with Crippen molar-refractivity contribution in [3.63, 3.8) is 0 Å². The number of fused-ring (bicyclic) bond motifs is 3. The third-order valence-corrected chi connectivity index (χ3v) is 7.69. The molecule has 1 aromatic carbocycles. The molecule has 0 saturated carbocycles. The average Bonchev–Trinajstić information content (AvgIpc) is 3.12. The van der Waals surface area contributed by atoms with Gasteiger partial charge in [0, 0.05) is 17.0 Å². The predicted octanol–water partition coefficient (Wildman–Crippen LogP) is 4.40. The zero-order valence-corrected chi connectivity index (χ0v) is 19.5. The van der Waals surface area contributed by atoms with E-state index in [-0.39, 0.29) is 22.9 Å². The van der Waals surface area contributed by atoms with E-state index in [1.54, 1.807) is 15.9 Å². The molecule has 3 aromatic rings. The van der Waals surface area contributed by atoms with Gasteiger partial charge in [0.15, 0.2) is 10.9 Å². The molecule has 0 atom stereocenters. The molecule has 0 bridgehead atoms. The maximum Gasteiger partial charge on any atom is 0.263 e. The molecule has 0 fully saturated rings. The summed E-state index contributed by atoms with van der Waals surface area (Å²) in [5.41, 5.74) is 1.66. The van der Waals surface area contributed by atoms with Crippen molar-refractivity contribution < 1.29 is 9.18 Å². The Morgan fingerprint density at radius 2 is 1.97 bits per heavy atom. The van der Waals surface area contributed by atoms with Gasteiger partial charge >= 0.3 is 0 Å². The molecule has 1 aliphatic carbocycles. The van der Waals surface area contributed by atoms with Gasteiger partial charge in [-0.05, 0) is 82.6 Å². The number of aryl methyl sites for hydroxylation is 2. The molecule has 4 rings (SSSR count). The van der Waals surface area contributed by atoms with Gasteiger partial charge in [-0.3, -0.25) is 14.2 Å². The summed E-state index contributed by atoms with van der Waals surface area (Å²) in [5.74, 6) is -0.320. The van der Waals surface area contributed by atoms with E-state index in [1.807, 2.05) is 14.1 Å². The summed E-state index contributed by atoms with van der Waals surface area (Å²) in [7, 11) is 4.02. The van der Waals surface area contributed by atoms with E-state index in [4.69, 9.17) is 4.98 Å². The van der Waals surface area contributed by atoms with Crippen LogP contribution in [0.15, 0.2) is 34.2 Å². The Morgan fingerprint density at radius 3 is 2.71 bits per heavy atom. The maximum absolute atomic E-state index is 13.5. The SMILES string of the molecule is CN(C)CCCn1c(SCC(=O)c2ccc(F)cc2)nc2sc3c(c2c1=O)CCCC3. The highest BCUT2D eigenvalue weighted by atomic mass is 32.2. The Morgan fingerprint density at radius 1 is 1.23 bits per heavy atom. The monoisotopic (exact) mass is 459 g/mol. The highest BCUT2D eigenvalue weighted by Crippen LogP contribution is 2.34. The van der Waals surface area contributed by atoms with Crippen LogP contribution in [0.3, 0.4) is 0 Å². The molecule has 2 aromatic heterocycles. The standard InChI is InChI=1S/C23H26FN3O2S2/c1-26(2)12-5-13-27-22(29)20-17-6-3-4-7-19(17)31-21(20)25-23(27)30-14-18(28)15-8-10-16(24)11-9-15/h8-11H,3-7,12-14H2,1-2H3. The fraction of sp³-hybridized carbons (Fsp3) is 0.435. The number of aromatic nitrogens is 2. The van der Waals surface area contributed by atoms with E-state index < -0.39 is 0 Å². The number of halogens is 1. The van der Waals surface area contributed by atoms with Crippen molar-refractivity contribution in [2.45, 2.75) is 43.8 Å². The topological polar surface area (TPSA) is 55.2 Å². The second-order valence-corrected chi connectivity index (χ2v) is 10.1. The summed E-state index contributed by atoms with van der Waals surface area (Å²) < 4.78 is 14.9. The molecular weight excluding hydrogens is 433 g/mol. The summed E-state index contributed by atoms with van der Waals surface area (Å²) in [6, 6.07) is 5.56. The van der Waals surface area contributed by atoms with Gasteiger partial charge in [0.05, 0.1) is 11.1 Å². The van der Waals surface area contributed by atoms with E-state index in [0.717, 1.165) is 48.9 Å². The number of ketones is 1. The summed E-state index contributed by atoms with van der Waals surface area (Å²) in [6.07, 6.45) is 5.06. The molecule has 0 N–H and O–H groups in total. The van der Waals surface area contributed by atoms with E-state index in [2.05, 4.69) is 4.90 Å². The molecule has 0 aliphatic heterocycles. The van der Waals surface area contributed by atoms with E-state index in [9.17, 15) is 14.0 Å². The first-order valence-corrected chi connectivity index (χ1v) is 12.4. The van der Waals surface area contributed by atoms with Gasteiger partial charge in [-0.15, -0.1) is 11.3 Å². The Kier molecular flexibility index (Phi) is 6.89. The molecule has 31 heavy (non-hydrogen) atoms. The van der Waals surface area contributed by atoms with Crippen molar-refractivity contribution in [1.29, 1.82) is 0 Å². The number of Topliss-reactive ketones (excluding diaryl/α,β-unsaturated/α-hetero) is 1. The molecule has 0 spiro atoms. The quantitative estimate of drug-likeness (QED) is 0.284. The first kappa shape index (κ1) is 22.2. The van der Waals surface area contributed by atoms with Crippen molar-refractivity contribution in [2.24, 2.45) is 0 Å². The Hall–Kier alpha value is -2.03. The van der Waals surface area contributed by atoms with Gasteiger partial charge in [-0.2, -0.15) is 0 Å². The van der Waals surface area contributed by atoms with Crippen LogP contribution in [-0.4, -0.2) is 46.6 Å². The molecule has 0 radical (unpaired) electrons. The summed E-state index contributed by atoms with van der Waals surface area (Å²) in [5, 5.41) is 1.36. The molecule has 0 amide bonds. The molecule has 0 unspecified atom stereocenters. The fourth-order valence-electron chi connectivity index (χ4n) is 3.92. The lowest BCUT2D eigenvalue weighted by molar-refractivity contribution is 0.102. The zero-order chi connectivity index (χ0) is 22.0. The van der Waals surface area contributed by atoms with Crippen molar-refractivity contribution in [1.82, 2.24) is 14.5 Å². The minimum atomic E-state index is -0.368. The van der Waals surface area contributed by atoms with Gasteiger partial charge < -0.3 is 4.90 Å². The molecular formula is C23H26FN3O2S2. The van der Waals surface area contributed by atoms with Crippen LogP contribution < -0.4 is 5.56 Å². The highest BCUT2D eigenvalue weighted by Gasteiger charge is 2.22. The number of carbonyl (C=O) groups is 1. The lowest BCUT2D eigenvalue weighted by Crippen LogP contribution is -2.26. The smallest absolute Gasteiger partial charge is 0.263 e. The number of thiophene rings is 1. The first-order valence-electron chi connectivity index (χ1n) is 10.6. The fourth-order valence-corrected chi connectivity index (χ4v) is 6.14. The Bertz CT molecular complexity index is 1150. The predicted molar refractivity (Wildman–Crippen MR) is 125 cm³/mol. The van der Waals surface area contributed by atoms with E-state index in [0.29, 0.717) is 17.3 Å². The van der Waals surface area contributed by atoms with Crippen LogP contribution in [0.5, 0.6) is 0 Å². The number of benzene rings is 1. The number of nitrogens with zero attached hydrogens (tertiary/aromatic N) is 3. The normalized spacial score (nSPS) is 13.7. The lowest BCUT2D eigenvalue weighted by atomic mass is 9.97. The lowest BCUT2D eigenvalue weighted by Gasteiger charge is -2.15. The third kappa shape index (κ3) is 4.91. The van der Waals surface area contributed by atoms with Crippen LogP contribution in [0.1, 0.15) is 40.1 Å². The van der Waals surface area contributed by atoms with E-state index >= 15 is 0 Å². The number of hydrogen-bond acceptors (Lipinski definition) is 6. The number of hydrogen-bond donors (Lipinski definition) is 0. The second kappa shape index (κ2) is 9.63. The zero-order valence-electron chi connectivity index (χ0n) is 17.8. The van der Waals surface area contributed by atoms with Crippen molar-refractivity contribution in [2.75, 3.05) is 26.4 Å². The molecule has 2 heterocycles. The van der Waals surface area contributed by atoms with Gasteiger partial charge in [-0.25, -0.2) is 9.37 Å². The van der Waals surface area contributed by atoms with Crippen molar-refractivity contribution in [3.05, 3.63) is 56.4 Å². The minimum Gasteiger partial charge on any atom is -0.309 e. The molecule has 164 valence electrons. The van der Waals surface area contributed by atoms with Crippen LogP contribution in [0, 0.1) is 5.82 Å².